The zero-order valence-electron chi connectivity index (χ0n) is 12.2. The number of hydrogen-bond acceptors (Lipinski definition) is 4. The van der Waals surface area contributed by atoms with E-state index in [1.165, 1.54) is 17.9 Å². The quantitative estimate of drug-likeness (QED) is 0.830. The number of likely N-dealkylation sites (N-methyl/N-ethyl adjacent to an activating group) is 1. The van der Waals surface area contributed by atoms with Crippen LogP contribution in [-0.4, -0.2) is 54.3 Å². The molecule has 0 radical (unpaired) electrons. The van der Waals surface area contributed by atoms with Gasteiger partial charge in [-0.05, 0) is 32.6 Å². The summed E-state index contributed by atoms with van der Waals surface area (Å²) in [4.78, 5) is 2.48. The lowest BCUT2D eigenvalue weighted by molar-refractivity contribution is -0.156. The molecule has 4 heteroatoms. The van der Waals surface area contributed by atoms with E-state index in [0.717, 1.165) is 25.6 Å². The van der Waals surface area contributed by atoms with E-state index in [2.05, 4.69) is 44.5 Å². The maximum Gasteiger partial charge on any atom is 0.0662 e. The number of ether oxygens (including phenoxy) is 1. The molecule has 3 nitrogen and oxygen atoms in total. The van der Waals surface area contributed by atoms with E-state index >= 15 is 0 Å². The smallest absolute Gasteiger partial charge is 0.0662 e. The molecule has 0 aromatic heterocycles. The van der Waals surface area contributed by atoms with Crippen molar-refractivity contribution < 1.29 is 4.74 Å². The van der Waals surface area contributed by atoms with E-state index in [4.69, 9.17) is 10.5 Å². The van der Waals surface area contributed by atoms with E-state index in [9.17, 15) is 0 Å². The minimum absolute atomic E-state index is 0.0863. The first kappa shape index (κ1) is 14.6. The molecule has 0 spiro atoms. The fourth-order valence-electron chi connectivity index (χ4n) is 3.22. The Kier molecular flexibility index (Phi) is 4.32. The van der Waals surface area contributed by atoms with Gasteiger partial charge in [0.25, 0.3) is 0 Å². The summed E-state index contributed by atoms with van der Waals surface area (Å²) in [5, 5.41) is 0. The fourth-order valence-corrected chi connectivity index (χ4v) is 4.52. The Labute approximate surface area is 116 Å². The molecular formula is C14H28N2OS. The van der Waals surface area contributed by atoms with E-state index in [1.54, 1.807) is 0 Å². The number of hydrogen-bond donors (Lipinski definition) is 1. The molecule has 2 rings (SSSR count). The summed E-state index contributed by atoms with van der Waals surface area (Å²) in [5.41, 5.74) is 6.64. The number of nitrogens with zero attached hydrogens (tertiary/aromatic N) is 1. The molecule has 1 aliphatic heterocycles. The SMILES string of the molecule is CCOC1CC(N)(CN(C)C2CCSC2)C1(C)C. The summed E-state index contributed by atoms with van der Waals surface area (Å²) in [6.07, 6.45) is 2.64. The number of nitrogens with two attached hydrogens (primary N) is 1. The summed E-state index contributed by atoms with van der Waals surface area (Å²) in [6.45, 7) is 8.37. The Morgan fingerprint density at radius 2 is 2.17 bits per heavy atom. The van der Waals surface area contributed by atoms with Crippen molar-refractivity contribution in [2.75, 3.05) is 31.7 Å². The first-order valence-electron chi connectivity index (χ1n) is 7.09. The highest BCUT2D eigenvalue weighted by molar-refractivity contribution is 7.99. The van der Waals surface area contributed by atoms with Gasteiger partial charge in [-0.2, -0.15) is 11.8 Å². The van der Waals surface area contributed by atoms with Crippen LogP contribution >= 0.6 is 11.8 Å². The molecule has 3 unspecified atom stereocenters. The minimum atomic E-state index is -0.0884. The molecule has 2 fully saturated rings. The van der Waals surface area contributed by atoms with Gasteiger partial charge < -0.3 is 15.4 Å². The first-order valence-corrected chi connectivity index (χ1v) is 8.24. The van der Waals surface area contributed by atoms with E-state index in [-0.39, 0.29) is 11.0 Å². The molecule has 0 aromatic carbocycles. The average molecular weight is 272 g/mol. The highest BCUT2D eigenvalue weighted by Crippen LogP contribution is 2.50. The van der Waals surface area contributed by atoms with Crippen LogP contribution in [0.5, 0.6) is 0 Å². The van der Waals surface area contributed by atoms with Crippen molar-refractivity contribution in [1.29, 1.82) is 0 Å². The molecule has 0 aromatic rings. The monoisotopic (exact) mass is 272 g/mol. The second kappa shape index (κ2) is 5.31. The number of thioether (sulfide) groups is 1. The zero-order chi connectivity index (χ0) is 13.4. The van der Waals surface area contributed by atoms with Gasteiger partial charge in [-0.15, -0.1) is 0 Å². The molecule has 1 saturated heterocycles. The lowest BCUT2D eigenvalue weighted by Crippen LogP contribution is -2.73. The normalized spacial score (nSPS) is 39.0. The summed E-state index contributed by atoms with van der Waals surface area (Å²) in [5.74, 6) is 2.57. The average Bonchev–Trinajstić information content (AvgIpc) is 2.82. The van der Waals surface area contributed by atoms with Gasteiger partial charge in [0.2, 0.25) is 0 Å². The Morgan fingerprint density at radius 1 is 1.44 bits per heavy atom. The first-order chi connectivity index (χ1) is 8.40. The molecule has 2 aliphatic rings. The number of rotatable bonds is 5. The lowest BCUT2D eigenvalue weighted by Gasteiger charge is -2.60. The second-order valence-corrected chi connectivity index (χ2v) is 7.61. The van der Waals surface area contributed by atoms with Gasteiger partial charge in [0.1, 0.15) is 0 Å². The van der Waals surface area contributed by atoms with Crippen LogP contribution in [0.2, 0.25) is 0 Å². The summed E-state index contributed by atoms with van der Waals surface area (Å²) < 4.78 is 5.79. The predicted octanol–water partition coefficient (Wildman–Crippen LogP) is 1.96. The summed E-state index contributed by atoms with van der Waals surface area (Å²) >= 11 is 2.06. The molecule has 2 N–H and O–H groups in total. The largest absolute Gasteiger partial charge is 0.378 e. The highest BCUT2D eigenvalue weighted by atomic mass is 32.2. The maximum absolute atomic E-state index is 6.64. The standard InChI is InChI=1S/C14H28N2OS/c1-5-17-12-8-14(15,13(12,2)3)10-16(4)11-6-7-18-9-11/h11-12H,5-10,15H2,1-4H3. The van der Waals surface area contributed by atoms with Crippen LogP contribution in [0.15, 0.2) is 0 Å². The molecule has 1 heterocycles. The lowest BCUT2D eigenvalue weighted by atomic mass is 9.54. The third kappa shape index (κ3) is 2.45. The van der Waals surface area contributed by atoms with Gasteiger partial charge in [0.15, 0.2) is 0 Å². The third-order valence-electron chi connectivity index (χ3n) is 5.07. The second-order valence-electron chi connectivity index (χ2n) is 6.46. The van der Waals surface area contributed by atoms with Crippen molar-refractivity contribution >= 4 is 11.8 Å². The Morgan fingerprint density at radius 3 is 2.67 bits per heavy atom. The van der Waals surface area contributed by atoms with Gasteiger partial charge in [-0.1, -0.05) is 13.8 Å². The van der Waals surface area contributed by atoms with Gasteiger partial charge in [-0.3, -0.25) is 0 Å². The van der Waals surface area contributed by atoms with Crippen molar-refractivity contribution in [1.82, 2.24) is 4.90 Å². The van der Waals surface area contributed by atoms with Crippen molar-refractivity contribution in [3.05, 3.63) is 0 Å². The minimum Gasteiger partial charge on any atom is -0.378 e. The topological polar surface area (TPSA) is 38.5 Å². The van der Waals surface area contributed by atoms with Gasteiger partial charge in [0, 0.05) is 35.9 Å². The predicted molar refractivity (Wildman–Crippen MR) is 79.1 cm³/mol. The van der Waals surface area contributed by atoms with E-state index < -0.39 is 0 Å². The third-order valence-corrected chi connectivity index (χ3v) is 6.21. The van der Waals surface area contributed by atoms with Crippen LogP contribution < -0.4 is 5.73 Å². The van der Waals surface area contributed by atoms with Crippen molar-refractivity contribution in [3.63, 3.8) is 0 Å². The van der Waals surface area contributed by atoms with Crippen LogP contribution in [0, 0.1) is 5.41 Å². The van der Waals surface area contributed by atoms with Crippen LogP contribution in [0.25, 0.3) is 0 Å². The molecule has 3 atom stereocenters. The van der Waals surface area contributed by atoms with Crippen LogP contribution in [0.3, 0.4) is 0 Å². The van der Waals surface area contributed by atoms with Crippen molar-refractivity contribution in [2.45, 2.75) is 51.3 Å². The van der Waals surface area contributed by atoms with E-state index in [0.29, 0.717) is 6.10 Å². The molecular weight excluding hydrogens is 244 g/mol. The van der Waals surface area contributed by atoms with Gasteiger partial charge >= 0.3 is 0 Å². The molecule has 0 bridgehead atoms. The molecule has 18 heavy (non-hydrogen) atoms. The molecule has 106 valence electrons. The summed E-state index contributed by atoms with van der Waals surface area (Å²) in [7, 11) is 2.23. The van der Waals surface area contributed by atoms with Crippen LogP contribution in [0.1, 0.15) is 33.6 Å². The van der Waals surface area contributed by atoms with Crippen molar-refractivity contribution in [2.24, 2.45) is 11.1 Å². The fraction of sp³-hybridized carbons (Fsp3) is 1.00. The van der Waals surface area contributed by atoms with Crippen LogP contribution in [0.4, 0.5) is 0 Å². The molecule has 1 aliphatic carbocycles. The Balaban J connectivity index is 1.92. The zero-order valence-corrected chi connectivity index (χ0v) is 13.1. The highest BCUT2D eigenvalue weighted by Gasteiger charge is 2.58. The van der Waals surface area contributed by atoms with E-state index in [1.807, 2.05) is 0 Å². The van der Waals surface area contributed by atoms with Crippen molar-refractivity contribution in [3.8, 4) is 0 Å². The van der Waals surface area contributed by atoms with Crippen LogP contribution in [-0.2, 0) is 4.74 Å². The van der Waals surface area contributed by atoms with Gasteiger partial charge in [-0.25, -0.2) is 0 Å². The Hall–Kier alpha value is 0.230. The Bertz CT molecular complexity index is 292. The van der Waals surface area contributed by atoms with Gasteiger partial charge in [0.05, 0.1) is 6.10 Å². The molecule has 0 amide bonds. The maximum atomic E-state index is 6.64. The molecule has 1 saturated carbocycles. The summed E-state index contributed by atoms with van der Waals surface area (Å²) in [6, 6.07) is 0.720.